The lowest BCUT2D eigenvalue weighted by Gasteiger charge is -2.47. The number of H-pyrrole nitrogens is 1. The van der Waals surface area contributed by atoms with Gasteiger partial charge in [-0.2, -0.15) is 0 Å². The number of imidazole rings is 1. The van der Waals surface area contributed by atoms with Crippen LogP contribution < -0.4 is 0 Å². The van der Waals surface area contributed by atoms with Gasteiger partial charge in [0, 0.05) is 57.0 Å². The van der Waals surface area contributed by atoms with Crippen LogP contribution in [0, 0.1) is 11.8 Å². The van der Waals surface area contributed by atoms with Gasteiger partial charge in [0.25, 0.3) is 0 Å². The minimum Gasteiger partial charge on any atom is -0.348 e. The Morgan fingerprint density at radius 2 is 2.18 bits per heavy atom. The number of hydrogen-bond acceptors (Lipinski definition) is 3. The molecule has 1 aliphatic carbocycles. The Morgan fingerprint density at radius 1 is 1.27 bits per heavy atom. The SMILES string of the molecule is O=C1CC[C@@H]2CN(CC3CC3)CC[C@@H]2N1CCc1cnc[nH]1. The summed E-state index contributed by atoms with van der Waals surface area (Å²) in [5.74, 6) is 2.02. The number of hydrogen-bond donors (Lipinski definition) is 1. The van der Waals surface area contributed by atoms with Crippen LogP contribution in [-0.4, -0.2) is 57.9 Å². The fourth-order valence-corrected chi connectivity index (χ4v) is 4.21. The molecule has 0 spiro atoms. The van der Waals surface area contributed by atoms with Gasteiger partial charge in [0.05, 0.1) is 6.33 Å². The monoisotopic (exact) mass is 302 g/mol. The van der Waals surface area contributed by atoms with Gasteiger partial charge in [-0.15, -0.1) is 0 Å². The predicted octanol–water partition coefficient (Wildman–Crippen LogP) is 1.68. The van der Waals surface area contributed by atoms with Gasteiger partial charge < -0.3 is 14.8 Å². The molecular weight excluding hydrogens is 276 g/mol. The first-order valence-electron chi connectivity index (χ1n) is 8.78. The molecular formula is C17H26N4O. The van der Waals surface area contributed by atoms with Crippen LogP contribution >= 0.6 is 0 Å². The molecule has 1 aromatic heterocycles. The van der Waals surface area contributed by atoms with Crippen molar-refractivity contribution in [3.8, 4) is 0 Å². The number of aromatic nitrogens is 2. The summed E-state index contributed by atoms with van der Waals surface area (Å²) in [7, 11) is 0. The first kappa shape index (κ1) is 14.2. The molecule has 5 nitrogen and oxygen atoms in total. The number of aromatic amines is 1. The zero-order valence-corrected chi connectivity index (χ0v) is 13.2. The van der Waals surface area contributed by atoms with E-state index in [1.54, 1.807) is 6.33 Å². The van der Waals surface area contributed by atoms with E-state index in [4.69, 9.17) is 0 Å². The van der Waals surface area contributed by atoms with Gasteiger partial charge in [-0.1, -0.05) is 0 Å². The quantitative estimate of drug-likeness (QED) is 0.900. The zero-order chi connectivity index (χ0) is 14.9. The van der Waals surface area contributed by atoms with E-state index in [9.17, 15) is 4.79 Å². The van der Waals surface area contributed by atoms with Crippen LogP contribution in [0.2, 0.25) is 0 Å². The van der Waals surface area contributed by atoms with E-state index in [0.29, 0.717) is 17.9 Å². The van der Waals surface area contributed by atoms with Crippen molar-refractivity contribution in [2.75, 3.05) is 26.2 Å². The van der Waals surface area contributed by atoms with Gasteiger partial charge in [-0.3, -0.25) is 4.79 Å². The summed E-state index contributed by atoms with van der Waals surface area (Å²) in [5.41, 5.74) is 1.13. The van der Waals surface area contributed by atoms with Crippen LogP contribution in [0.4, 0.5) is 0 Å². The van der Waals surface area contributed by atoms with Gasteiger partial charge in [0.1, 0.15) is 0 Å². The van der Waals surface area contributed by atoms with E-state index < -0.39 is 0 Å². The van der Waals surface area contributed by atoms with Gasteiger partial charge >= 0.3 is 0 Å². The molecule has 3 fully saturated rings. The summed E-state index contributed by atoms with van der Waals surface area (Å²) < 4.78 is 0. The van der Waals surface area contributed by atoms with Crippen molar-refractivity contribution in [1.29, 1.82) is 0 Å². The topological polar surface area (TPSA) is 52.2 Å². The van der Waals surface area contributed by atoms with E-state index in [-0.39, 0.29) is 0 Å². The molecule has 120 valence electrons. The number of piperidine rings is 2. The molecule has 4 rings (SSSR count). The van der Waals surface area contributed by atoms with Crippen molar-refractivity contribution < 1.29 is 4.79 Å². The van der Waals surface area contributed by atoms with Crippen molar-refractivity contribution in [2.45, 2.75) is 44.6 Å². The minimum atomic E-state index is 0.358. The first-order valence-corrected chi connectivity index (χ1v) is 8.78. The highest BCUT2D eigenvalue weighted by Gasteiger charge is 2.39. The Labute approximate surface area is 132 Å². The van der Waals surface area contributed by atoms with Gasteiger partial charge in [0.15, 0.2) is 0 Å². The maximum absolute atomic E-state index is 12.4. The summed E-state index contributed by atoms with van der Waals surface area (Å²) in [6, 6.07) is 0.472. The number of carbonyl (C=O) groups excluding carboxylic acids is 1. The van der Waals surface area contributed by atoms with Crippen LogP contribution in [0.1, 0.15) is 37.8 Å². The molecule has 3 heterocycles. The van der Waals surface area contributed by atoms with Gasteiger partial charge in [0.2, 0.25) is 5.91 Å². The number of nitrogens with zero attached hydrogens (tertiary/aromatic N) is 3. The smallest absolute Gasteiger partial charge is 0.222 e. The molecule has 0 radical (unpaired) electrons. The van der Waals surface area contributed by atoms with Gasteiger partial charge in [-0.05, 0) is 37.5 Å². The zero-order valence-electron chi connectivity index (χ0n) is 13.2. The summed E-state index contributed by atoms with van der Waals surface area (Å²) in [6.07, 6.45) is 10.3. The summed E-state index contributed by atoms with van der Waals surface area (Å²) in [5, 5.41) is 0. The van der Waals surface area contributed by atoms with E-state index in [2.05, 4.69) is 19.8 Å². The average Bonchev–Trinajstić information content (AvgIpc) is 3.18. The Balaban J connectivity index is 1.37. The maximum atomic E-state index is 12.4. The molecule has 1 saturated carbocycles. The molecule has 3 aliphatic rings. The average molecular weight is 302 g/mol. The van der Waals surface area contributed by atoms with Crippen LogP contribution in [0.3, 0.4) is 0 Å². The predicted molar refractivity (Wildman–Crippen MR) is 84.3 cm³/mol. The lowest BCUT2D eigenvalue weighted by atomic mass is 9.83. The van der Waals surface area contributed by atoms with Crippen molar-refractivity contribution in [3.63, 3.8) is 0 Å². The van der Waals surface area contributed by atoms with E-state index in [1.165, 1.54) is 32.5 Å². The highest BCUT2D eigenvalue weighted by molar-refractivity contribution is 5.77. The summed E-state index contributed by atoms with van der Waals surface area (Å²) >= 11 is 0. The van der Waals surface area contributed by atoms with Crippen molar-refractivity contribution in [1.82, 2.24) is 19.8 Å². The van der Waals surface area contributed by atoms with Crippen LogP contribution in [0.15, 0.2) is 12.5 Å². The molecule has 2 saturated heterocycles. The Bertz CT molecular complexity index is 511. The fourth-order valence-electron chi connectivity index (χ4n) is 4.21. The number of likely N-dealkylation sites (tertiary alicyclic amines) is 2. The lowest BCUT2D eigenvalue weighted by molar-refractivity contribution is -0.141. The van der Waals surface area contributed by atoms with Crippen LogP contribution in [0.5, 0.6) is 0 Å². The lowest BCUT2D eigenvalue weighted by Crippen LogP contribution is -2.56. The molecule has 0 aromatic carbocycles. The maximum Gasteiger partial charge on any atom is 0.222 e. The first-order chi connectivity index (χ1) is 10.8. The second kappa shape index (κ2) is 6.03. The largest absolute Gasteiger partial charge is 0.348 e. The van der Waals surface area contributed by atoms with Crippen molar-refractivity contribution >= 4 is 5.91 Å². The Morgan fingerprint density at radius 3 is 2.95 bits per heavy atom. The Kier molecular flexibility index (Phi) is 3.90. The van der Waals surface area contributed by atoms with Gasteiger partial charge in [-0.25, -0.2) is 4.98 Å². The van der Waals surface area contributed by atoms with Crippen molar-refractivity contribution in [3.05, 3.63) is 18.2 Å². The molecule has 1 amide bonds. The number of nitrogens with one attached hydrogen (secondary N) is 1. The normalized spacial score (nSPS) is 29.6. The van der Waals surface area contributed by atoms with E-state index in [1.807, 2.05) is 6.20 Å². The van der Waals surface area contributed by atoms with E-state index in [0.717, 1.165) is 43.8 Å². The number of amides is 1. The summed E-state index contributed by atoms with van der Waals surface area (Å²) in [6.45, 7) is 4.51. The fraction of sp³-hybridized carbons (Fsp3) is 0.765. The van der Waals surface area contributed by atoms with E-state index >= 15 is 0 Å². The number of fused-ring (bicyclic) bond motifs is 1. The second-order valence-corrected chi connectivity index (χ2v) is 7.27. The summed E-state index contributed by atoms with van der Waals surface area (Å²) in [4.78, 5) is 24.4. The molecule has 0 bridgehead atoms. The third-order valence-corrected chi connectivity index (χ3v) is 5.62. The second-order valence-electron chi connectivity index (χ2n) is 7.27. The molecule has 5 heteroatoms. The number of rotatable bonds is 5. The molecule has 0 unspecified atom stereocenters. The highest BCUT2D eigenvalue weighted by Crippen LogP contribution is 2.35. The molecule has 1 aromatic rings. The Hall–Kier alpha value is -1.36. The van der Waals surface area contributed by atoms with Crippen LogP contribution in [-0.2, 0) is 11.2 Å². The third-order valence-electron chi connectivity index (χ3n) is 5.62. The molecule has 2 atom stereocenters. The third kappa shape index (κ3) is 3.05. The number of carbonyl (C=O) groups is 1. The molecule has 1 N–H and O–H groups in total. The highest BCUT2D eigenvalue weighted by atomic mass is 16.2. The van der Waals surface area contributed by atoms with Crippen molar-refractivity contribution in [2.24, 2.45) is 11.8 Å². The van der Waals surface area contributed by atoms with Crippen LogP contribution in [0.25, 0.3) is 0 Å². The molecule has 22 heavy (non-hydrogen) atoms. The molecule has 2 aliphatic heterocycles. The standard InChI is InChI=1S/C17H26N4O/c22-17-4-3-14-11-20(10-13-1-2-13)7-6-16(14)21(17)8-5-15-9-18-12-19-15/h9,12-14,16H,1-8,10-11H2,(H,18,19)/t14-,16+/m1/s1. The minimum absolute atomic E-state index is 0.358.